The van der Waals surface area contributed by atoms with Gasteiger partial charge in [0.1, 0.15) is 5.82 Å². The molecule has 1 aliphatic rings. The normalized spacial score (nSPS) is 21.3. The highest BCUT2D eigenvalue weighted by Gasteiger charge is 2.13. The molecule has 2 rings (SSSR count). The average Bonchev–Trinajstić information content (AvgIpc) is 2.22. The molecule has 1 aliphatic heterocycles. The van der Waals surface area contributed by atoms with Gasteiger partial charge in [0, 0.05) is 13.1 Å². The van der Waals surface area contributed by atoms with E-state index < -0.39 is 6.10 Å². The van der Waals surface area contributed by atoms with Crippen molar-refractivity contribution in [2.24, 2.45) is 0 Å². The molecule has 0 bridgehead atoms. The number of hydrogen-bond acceptors (Lipinski definition) is 2. The first-order valence-electron chi connectivity index (χ1n) is 5.03. The topological polar surface area (TPSA) is 32.3 Å². The van der Waals surface area contributed by atoms with Crippen molar-refractivity contribution in [2.45, 2.75) is 13.0 Å². The van der Waals surface area contributed by atoms with Crippen LogP contribution in [0.5, 0.6) is 0 Å². The van der Waals surface area contributed by atoms with Gasteiger partial charge in [-0.15, -0.1) is 0 Å². The number of hydrogen-bond donors (Lipinski definition) is 2. The number of aryl methyl sites for hydroxylation is 1. The summed E-state index contributed by atoms with van der Waals surface area (Å²) < 4.78 is 13.1. The lowest BCUT2D eigenvalue weighted by molar-refractivity contribution is 0.217. The van der Waals surface area contributed by atoms with Gasteiger partial charge in [-0.1, -0.05) is 6.07 Å². The zero-order valence-electron chi connectivity index (χ0n) is 8.63. The molecule has 0 radical (unpaired) electrons. The third-order valence-corrected chi connectivity index (χ3v) is 2.61. The Hall–Kier alpha value is -1.19. The van der Waals surface area contributed by atoms with Gasteiger partial charge in [-0.2, -0.15) is 0 Å². The summed E-state index contributed by atoms with van der Waals surface area (Å²) >= 11 is 0. The van der Waals surface area contributed by atoms with Gasteiger partial charge in [0.15, 0.2) is 0 Å². The predicted octanol–water partition coefficient (Wildman–Crippen LogP) is 1.48. The molecule has 0 saturated heterocycles. The van der Waals surface area contributed by atoms with Crippen LogP contribution >= 0.6 is 0 Å². The van der Waals surface area contributed by atoms with Gasteiger partial charge in [0.25, 0.3) is 0 Å². The van der Waals surface area contributed by atoms with E-state index in [2.05, 4.69) is 5.32 Å². The second kappa shape index (κ2) is 4.13. The Morgan fingerprint density at radius 3 is 3.00 bits per heavy atom. The maximum absolute atomic E-state index is 13.1. The van der Waals surface area contributed by atoms with Crippen molar-refractivity contribution in [1.82, 2.24) is 5.32 Å². The van der Waals surface area contributed by atoms with E-state index >= 15 is 0 Å². The minimum atomic E-state index is -0.476. The molecule has 1 aromatic carbocycles. The smallest absolute Gasteiger partial charge is 0.123 e. The average molecular weight is 207 g/mol. The molecule has 0 fully saturated rings. The molecule has 2 N–H and O–H groups in total. The summed E-state index contributed by atoms with van der Waals surface area (Å²) in [6.07, 6.45) is 1.31. The van der Waals surface area contributed by atoms with Crippen LogP contribution < -0.4 is 5.32 Å². The third kappa shape index (κ3) is 2.25. The lowest BCUT2D eigenvalue weighted by atomic mass is 9.97. The zero-order chi connectivity index (χ0) is 10.8. The van der Waals surface area contributed by atoms with Crippen molar-refractivity contribution in [3.05, 3.63) is 41.2 Å². The van der Waals surface area contributed by atoms with Crippen LogP contribution in [0, 0.1) is 12.7 Å². The lowest BCUT2D eigenvalue weighted by Crippen LogP contribution is -2.31. The second-order valence-corrected chi connectivity index (χ2v) is 3.85. The van der Waals surface area contributed by atoms with E-state index in [0.29, 0.717) is 13.1 Å². The molecule has 15 heavy (non-hydrogen) atoms. The molecule has 1 aromatic rings. The summed E-state index contributed by atoms with van der Waals surface area (Å²) in [5.41, 5.74) is 2.87. The minimum absolute atomic E-state index is 0.239. The number of aliphatic hydroxyl groups is 1. The monoisotopic (exact) mass is 207 g/mol. The summed E-state index contributed by atoms with van der Waals surface area (Å²) in [7, 11) is 0. The summed E-state index contributed by atoms with van der Waals surface area (Å²) in [6, 6.07) is 4.72. The van der Waals surface area contributed by atoms with Crippen molar-refractivity contribution >= 4 is 5.57 Å². The second-order valence-electron chi connectivity index (χ2n) is 3.85. The molecule has 0 amide bonds. The fraction of sp³-hybridized carbons (Fsp3) is 0.333. The van der Waals surface area contributed by atoms with Gasteiger partial charge >= 0.3 is 0 Å². The molecule has 0 spiro atoms. The molecule has 1 atom stereocenters. The van der Waals surface area contributed by atoms with E-state index in [1.807, 2.05) is 6.92 Å². The largest absolute Gasteiger partial charge is 0.388 e. The minimum Gasteiger partial charge on any atom is -0.388 e. The van der Waals surface area contributed by atoms with Crippen LogP contribution in [-0.2, 0) is 0 Å². The molecule has 80 valence electrons. The third-order valence-electron chi connectivity index (χ3n) is 2.61. The molecule has 0 aromatic heterocycles. The van der Waals surface area contributed by atoms with E-state index in [4.69, 9.17) is 0 Å². The van der Waals surface area contributed by atoms with Crippen LogP contribution in [0.2, 0.25) is 0 Å². The van der Waals surface area contributed by atoms with Gasteiger partial charge < -0.3 is 10.4 Å². The van der Waals surface area contributed by atoms with Crippen molar-refractivity contribution in [1.29, 1.82) is 0 Å². The van der Waals surface area contributed by atoms with E-state index in [1.165, 1.54) is 12.1 Å². The van der Waals surface area contributed by atoms with E-state index in [-0.39, 0.29) is 5.82 Å². The van der Waals surface area contributed by atoms with Gasteiger partial charge in [0.2, 0.25) is 0 Å². The van der Waals surface area contributed by atoms with Crippen LogP contribution in [0.25, 0.3) is 5.57 Å². The molecule has 0 saturated carbocycles. The number of β-amino-alcohol motifs (C(OH)–C–C–N with tert-alkyl or cyclic N) is 1. The Balaban J connectivity index is 2.40. The Morgan fingerprint density at radius 1 is 1.47 bits per heavy atom. The molecule has 1 heterocycles. The first-order valence-corrected chi connectivity index (χ1v) is 5.03. The fourth-order valence-electron chi connectivity index (χ4n) is 1.83. The van der Waals surface area contributed by atoms with E-state index in [9.17, 15) is 9.50 Å². The molecule has 3 heteroatoms. The van der Waals surface area contributed by atoms with Crippen LogP contribution in [0.4, 0.5) is 4.39 Å². The lowest BCUT2D eigenvalue weighted by Gasteiger charge is -2.20. The van der Waals surface area contributed by atoms with Crippen molar-refractivity contribution in [2.75, 3.05) is 13.1 Å². The number of benzene rings is 1. The van der Waals surface area contributed by atoms with Crippen molar-refractivity contribution < 1.29 is 9.50 Å². The SMILES string of the molecule is Cc1ccc(F)cc1C1=CC(O)CNC1. The maximum Gasteiger partial charge on any atom is 0.123 e. The van der Waals surface area contributed by atoms with E-state index in [0.717, 1.165) is 16.7 Å². The summed E-state index contributed by atoms with van der Waals surface area (Å²) in [5.74, 6) is -0.239. The molecular weight excluding hydrogens is 193 g/mol. The van der Waals surface area contributed by atoms with Crippen molar-refractivity contribution in [3.63, 3.8) is 0 Å². The first-order chi connectivity index (χ1) is 7.16. The van der Waals surface area contributed by atoms with Gasteiger partial charge in [-0.25, -0.2) is 4.39 Å². The fourth-order valence-corrected chi connectivity index (χ4v) is 1.83. The molecule has 0 aliphatic carbocycles. The summed E-state index contributed by atoms with van der Waals surface area (Å²) in [5, 5.41) is 12.6. The standard InChI is InChI=1S/C12H14FNO/c1-8-2-3-10(13)5-12(8)9-4-11(15)7-14-6-9/h2-5,11,14-15H,6-7H2,1H3. The summed E-state index contributed by atoms with van der Waals surface area (Å²) in [4.78, 5) is 0. The highest BCUT2D eigenvalue weighted by atomic mass is 19.1. The Bertz CT molecular complexity index is 401. The maximum atomic E-state index is 13.1. The Labute approximate surface area is 88.4 Å². The highest BCUT2D eigenvalue weighted by molar-refractivity contribution is 5.70. The molecule has 1 unspecified atom stereocenters. The Morgan fingerprint density at radius 2 is 2.27 bits per heavy atom. The van der Waals surface area contributed by atoms with Gasteiger partial charge in [-0.05, 0) is 41.8 Å². The van der Waals surface area contributed by atoms with Crippen molar-refractivity contribution in [3.8, 4) is 0 Å². The van der Waals surface area contributed by atoms with Crippen LogP contribution in [0.15, 0.2) is 24.3 Å². The Kier molecular flexibility index (Phi) is 2.84. The van der Waals surface area contributed by atoms with Crippen LogP contribution in [0.1, 0.15) is 11.1 Å². The predicted molar refractivity (Wildman–Crippen MR) is 58.0 cm³/mol. The van der Waals surface area contributed by atoms with Gasteiger partial charge in [-0.3, -0.25) is 0 Å². The molecular formula is C12H14FNO. The highest BCUT2D eigenvalue weighted by Crippen LogP contribution is 2.21. The molecule has 2 nitrogen and oxygen atoms in total. The number of nitrogens with one attached hydrogen (secondary N) is 1. The first kappa shape index (κ1) is 10.3. The quantitative estimate of drug-likeness (QED) is 0.731. The number of rotatable bonds is 1. The number of aliphatic hydroxyl groups excluding tert-OH is 1. The van der Waals surface area contributed by atoms with Gasteiger partial charge in [0.05, 0.1) is 6.10 Å². The van der Waals surface area contributed by atoms with Crippen LogP contribution in [-0.4, -0.2) is 24.3 Å². The van der Waals surface area contributed by atoms with Crippen LogP contribution in [0.3, 0.4) is 0 Å². The summed E-state index contributed by atoms with van der Waals surface area (Å²) in [6.45, 7) is 3.19. The zero-order valence-corrected chi connectivity index (χ0v) is 8.63. The van der Waals surface area contributed by atoms with E-state index in [1.54, 1.807) is 12.1 Å². The number of halogens is 1.